The van der Waals surface area contributed by atoms with Crippen LogP contribution in [0.3, 0.4) is 0 Å². The van der Waals surface area contributed by atoms with E-state index in [2.05, 4.69) is 17.0 Å². The van der Waals surface area contributed by atoms with Crippen LogP contribution in [0.2, 0.25) is 0 Å². The highest BCUT2D eigenvalue weighted by Crippen LogP contribution is 2.24. The third kappa shape index (κ3) is 2.84. The molecule has 0 N–H and O–H groups in total. The molecule has 2 unspecified atom stereocenters. The monoisotopic (exact) mass is 215 g/mol. The van der Waals surface area contributed by atoms with Crippen molar-refractivity contribution in [2.24, 2.45) is 0 Å². The predicted molar refractivity (Wildman–Crippen MR) is 63.9 cm³/mol. The van der Waals surface area contributed by atoms with Crippen molar-refractivity contribution in [2.75, 3.05) is 0 Å². The van der Waals surface area contributed by atoms with Crippen molar-refractivity contribution < 1.29 is 4.74 Å². The van der Waals surface area contributed by atoms with Gasteiger partial charge < -0.3 is 9.58 Å². The minimum atomic E-state index is 0.0810. The molecule has 0 spiro atoms. The van der Waals surface area contributed by atoms with Gasteiger partial charge in [-0.05, 0) is 18.4 Å². The second-order valence-electron chi connectivity index (χ2n) is 4.32. The highest BCUT2D eigenvalue weighted by Gasteiger charge is 2.30. The van der Waals surface area contributed by atoms with Crippen LogP contribution < -0.4 is 0 Å². The van der Waals surface area contributed by atoms with Gasteiger partial charge in [0.15, 0.2) is 0 Å². The Morgan fingerprint density at radius 2 is 1.94 bits per heavy atom. The molecular formula is C14H17NO. The van der Waals surface area contributed by atoms with Crippen LogP contribution in [0.1, 0.15) is 31.2 Å². The Labute approximate surface area is 97.1 Å². The van der Waals surface area contributed by atoms with Gasteiger partial charge in [0, 0.05) is 6.42 Å². The molecule has 1 aromatic rings. The smallest absolute Gasteiger partial charge is 0.249 e. The summed E-state index contributed by atoms with van der Waals surface area (Å²) in [6.07, 6.45) is 4.57. The standard InChI is InChI=1S/C14H17NO/c1-15-13-9-5-6-10-14(13)16-11-12-7-3-2-4-8-12/h2-4,7-8,13-14H,5-6,9-11H2. The van der Waals surface area contributed by atoms with Crippen LogP contribution in [-0.2, 0) is 11.3 Å². The molecule has 1 fully saturated rings. The lowest BCUT2D eigenvalue weighted by atomic mass is 9.93. The zero-order valence-electron chi connectivity index (χ0n) is 9.43. The molecule has 0 heterocycles. The number of ether oxygens (including phenoxy) is 1. The number of hydrogen-bond acceptors (Lipinski definition) is 1. The Morgan fingerprint density at radius 1 is 1.19 bits per heavy atom. The first-order valence-electron chi connectivity index (χ1n) is 5.92. The van der Waals surface area contributed by atoms with E-state index in [9.17, 15) is 0 Å². The Hall–Kier alpha value is -1.33. The van der Waals surface area contributed by atoms with Crippen molar-refractivity contribution in [3.05, 3.63) is 47.3 Å². The van der Waals surface area contributed by atoms with Crippen LogP contribution in [0.15, 0.2) is 30.3 Å². The number of nitrogens with zero attached hydrogens (tertiary/aromatic N) is 1. The van der Waals surface area contributed by atoms with Gasteiger partial charge in [-0.25, -0.2) is 6.57 Å². The molecule has 2 nitrogen and oxygen atoms in total. The van der Waals surface area contributed by atoms with Crippen molar-refractivity contribution >= 4 is 0 Å². The summed E-state index contributed by atoms with van der Waals surface area (Å²) in [6.45, 7) is 7.79. The minimum absolute atomic E-state index is 0.0810. The summed E-state index contributed by atoms with van der Waals surface area (Å²) < 4.78 is 5.86. The van der Waals surface area contributed by atoms with E-state index in [1.54, 1.807) is 0 Å². The van der Waals surface area contributed by atoms with Gasteiger partial charge in [0.25, 0.3) is 0 Å². The van der Waals surface area contributed by atoms with Gasteiger partial charge in [-0.3, -0.25) is 0 Å². The quantitative estimate of drug-likeness (QED) is 0.704. The van der Waals surface area contributed by atoms with Gasteiger partial charge in [-0.2, -0.15) is 0 Å². The lowest BCUT2D eigenvalue weighted by molar-refractivity contribution is 0.0124. The number of hydrogen-bond donors (Lipinski definition) is 0. The topological polar surface area (TPSA) is 13.6 Å². The van der Waals surface area contributed by atoms with E-state index in [1.165, 1.54) is 18.4 Å². The first-order valence-corrected chi connectivity index (χ1v) is 5.92. The molecule has 84 valence electrons. The largest absolute Gasteiger partial charge is 0.365 e. The summed E-state index contributed by atoms with van der Waals surface area (Å²) in [4.78, 5) is 3.67. The van der Waals surface area contributed by atoms with E-state index in [0.29, 0.717) is 6.61 Å². The van der Waals surface area contributed by atoms with Crippen LogP contribution in [-0.4, -0.2) is 12.1 Å². The second kappa shape index (κ2) is 5.67. The third-order valence-electron chi connectivity index (χ3n) is 3.14. The van der Waals surface area contributed by atoms with E-state index in [1.807, 2.05) is 18.2 Å². The van der Waals surface area contributed by atoms with E-state index < -0.39 is 0 Å². The molecule has 2 heteroatoms. The van der Waals surface area contributed by atoms with Crippen molar-refractivity contribution in [3.63, 3.8) is 0 Å². The summed E-state index contributed by atoms with van der Waals surface area (Å²) in [5, 5.41) is 0. The first-order chi connectivity index (χ1) is 7.90. The van der Waals surface area contributed by atoms with Gasteiger partial charge in [0.2, 0.25) is 6.04 Å². The Morgan fingerprint density at radius 3 is 2.69 bits per heavy atom. The molecule has 1 aliphatic rings. The van der Waals surface area contributed by atoms with Crippen molar-refractivity contribution in [2.45, 2.75) is 44.4 Å². The molecule has 1 aromatic carbocycles. The van der Waals surface area contributed by atoms with E-state index in [0.717, 1.165) is 12.8 Å². The second-order valence-corrected chi connectivity index (χ2v) is 4.32. The van der Waals surface area contributed by atoms with Crippen molar-refractivity contribution in [1.82, 2.24) is 0 Å². The van der Waals surface area contributed by atoms with Gasteiger partial charge in [-0.1, -0.05) is 36.8 Å². The van der Waals surface area contributed by atoms with Gasteiger partial charge >= 0.3 is 0 Å². The molecule has 0 radical (unpaired) electrons. The molecule has 1 saturated carbocycles. The van der Waals surface area contributed by atoms with Crippen LogP contribution in [0, 0.1) is 6.57 Å². The van der Waals surface area contributed by atoms with Gasteiger partial charge in [0.05, 0.1) is 6.61 Å². The Kier molecular flexibility index (Phi) is 3.96. The fourth-order valence-corrected chi connectivity index (χ4v) is 2.20. The van der Waals surface area contributed by atoms with Crippen LogP contribution in [0.5, 0.6) is 0 Å². The molecule has 0 aromatic heterocycles. The molecule has 2 rings (SSSR count). The number of benzene rings is 1. The van der Waals surface area contributed by atoms with E-state index >= 15 is 0 Å². The van der Waals surface area contributed by atoms with E-state index in [4.69, 9.17) is 11.3 Å². The summed E-state index contributed by atoms with van der Waals surface area (Å²) in [5.41, 5.74) is 1.19. The van der Waals surface area contributed by atoms with Crippen LogP contribution in [0.4, 0.5) is 0 Å². The molecule has 0 saturated heterocycles. The minimum Gasteiger partial charge on any atom is -0.365 e. The average Bonchev–Trinajstić information content (AvgIpc) is 2.38. The zero-order chi connectivity index (χ0) is 11.2. The summed E-state index contributed by atoms with van der Waals surface area (Å²) in [6, 6.07) is 10.3. The molecule has 0 aliphatic heterocycles. The fourth-order valence-electron chi connectivity index (χ4n) is 2.20. The van der Waals surface area contributed by atoms with Gasteiger partial charge in [-0.15, -0.1) is 0 Å². The van der Waals surface area contributed by atoms with Crippen molar-refractivity contribution in [1.29, 1.82) is 0 Å². The van der Waals surface area contributed by atoms with E-state index in [-0.39, 0.29) is 12.1 Å². The predicted octanol–water partition coefficient (Wildman–Crippen LogP) is 3.43. The molecule has 2 atom stereocenters. The number of rotatable bonds is 3. The lowest BCUT2D eigenvalue weighted by Crippen LogP contribution is -2.29. The maximum atomic E-state index is 7.16. The van der Waals surface area contributed by atoms with Gasteiger partial charge in [0.1, 0.15) is 6.10 Å². The highest BCUT2D eigenvalue weighted by atomic mass is 16.5. The maximum absolute atomic E-state index is 7.16. The summed E-state index contributed by atoms with van der Waals surface area (Å²) in [5.74, 6) is 0. The molecule has 1 aliphatic carbocycles. The highest BCUT2D eigenvalue weighted by molar-refractivity contribution is 5.13. The zero-order valence-corrected chi connectivity index (χ0v) is 9.43. The summed E-state index contributed by atoms with van der Waals surface area (Å²) in [7, 11) is 0. The molecular weight excluding hydrogens is 198 g/mol. The Balaban J connectivity index is 1.87. The van der Waals surface area contributed by atoms with Crippen LogP contribution in [0.25, 0.3) is 4.85 Å². The first kappa shape index (κ1) is 11.2. The molecule has 16 heavy (non-hydrogen) atoms. The molecule has 0 amide bonds. The van der Waals surface area contributed by atoms with Crippen molar-refractivity contribution in [3.8, 4) is 0 Å². The van der Waals surface area contributed by atoms with Crippen LogP contribution >= 0.6 is 0 Å². The lowest BCUT2D eigenvalue weighted by Gasteiger charge is -2.23. The Bertz CT molecular complexity index is 355. The maximum Gasteiger partial charge on any atom is 0.249 e. The normalized spacial score (nSPS) is 24.9. The summed E-state index contributed by atoms with van der Waals surface area (Å²) >= 11 is 0. The average molecular weight is 215 g/mol. The SMILES string of the molecule is [C-]#[N+]C1CCCCC1OCc1ccccc1. The third-order valence-corrected chi connectivity index (χ3v) is 3.14. The molecule has 0 bridgehead atoms. The fraction of sp³-hybridized carbons (Fsp3) is 0.500.